The summed E-state index contributed by atoms with van der Waals surface area (Å²) in [5.41, 5.74) is 1.79. The molecule has 0 radical (unpaired) electrons. The van der Waals surface area contributed by atoms with Crippen molar-refractivity contribution in [2.24, 2.45) is 0 Å². The largest absolute Gasteiger partial charge is 0.491 e. The number of halogens is 3. The molecule has 0 aliphatic carbocycles. The highest BCUT2D eigenvalue weighted by Gasteiger charge is 2.10. The van der Waals surface area contributed by atoms with Gasteiger partial charge in [0.15, 0.2) is 0 Å². The molecule has 140 valence electrons. The van der Waals surface area contributed by atoms with E-state index in [1.165, 1.54) is 6.20 Å². The zero-order chi connectivity index (χ0) is 19.4. The Labute approximate surface area is 171 Å². The number of aromatic nitrogens is 2. The van der Waals surface area contributed by atoms with Crippen LogP contribution in [0.2, 0.25) is 15.1 Å². The molecular weight excluding hydrogens is 409 g/mol. The minimum Gasteiger partial charge on any atom is -0.491 e. The average Bonchev–Trinajstić information content (AvgIpc) is 2.66. The summed E-state index contributed by atoms with van der Waals surface area (Å²) >= 11 is 18.0. The molecule has 0 amide bonds. The number of nitrogens with zero attached hydrogens (tertiary/aromatic N) is 2. The summed E-state index contributed by atoms with van der Waals surface area (Å²) in [6, 6.07) is 12.9. The van der Waals surface area contributed by atoms with Crippen LogP contribution in [0.15, 0.2) is 53.5 Å². The topological polar surface area (TPSA) is 56.1 Å². The van der Waals surface area contributed by atoms with E-state index < -0.39 is 5.56 Å². The Kier molecular flexibility index (Phi) is 6.26. The number of hydrogen-bond acceptors (Lipinski definition) is 4. The van der Waals surface area contributed by atoms with Crippen molar-refractivity contribution in [1.82, 2.24) is 9.78 Å². The van der Waals surface area contributed by atoms with E-state index in [2.05, 4.69) is 10.4 Å². The van der Waals surface area contributed by atoms with Crippen molar-refractivity contribution in [3.63, 3.8) is 0 Å². The molecule has 1 N–H and O–H groups in total. The van der Waals surface area contributed by atoms with Gasteiger partial charge in [-0.05, 0) is 36.8 Å². The van der Waals surface area contributed by atoms with Crippen LogP contribution in [0, 0.1) is 6.92 Å². The maximum atomic E-state index is 12.2. The van der Waals surface area contributed by atoms with Gasteiger partial charge in [0.2, 0.25) is 0 Å². The lowest BCUT2D eigenvalue weighted by molar-refractivity contribution is 0.330. The number of benzene rings is 2. The fourth-order valence-corrected chi connectivity index (χ4v) is 2.94. The van der Waals surface area contributed by atoms with Crippen LogP contribution in [0.5, 0.6) is 5.75 Å². The quantitative estimate of drug-likeness (QED) is 0.566. The van der Waals surface area contributed by atoms with Gasteiger partial charge < -0.3 is 10.1 Å². The van der Waals surface area contributed by atoms with Crippen molar-refractivity contribution < 1.29 is 4.74 Å². The molecule has 1 aromatic heterocycles. The normalized spacial score (nSPS) is 10.7. The third kappa shape index (κ3) is 4.56. The average molecular weight is 425 g/mol. The first-order chi connectivity index (χ1) is 13.0. The number of nitrogens with one attached hydrogen (secondary N) is 1. The third-order valence-corrected chi connectivity index (χ3v) is 4.90. The van der Waals surface area contributed by atoms with Crippen molar-refractivity contribution in [2.75, 3.05) is 18.5 Å². The first kappa shape index (κ1) is 19.5. The Balaban J connectivity index is 1.66. The Morgan fingerprint density at radius 3 is 2.63 bits per heavy atom. The molecule has 27 heavy (non-hydrogen) atoms. The van der Waals surface area contributed by atoms with Crippen LogP contribution in [-0.4, -0.2) is 22.9 Å². The summed E-state index contributed by atoms with van der Waals surface area (Å²) < 4.78 is 6.89. The minimum absolute atomic E-state index is 0.0849. The SMILES string of the molecule is Cc1ccccc1OCCNc1ccc(-n2ncc(Cl)c(Cl)c2=O)cc1Cl. The van der Waals surface area contributed by atoms with Crippen molar-refractivity contribution in [3.8, 4) is 11.4 Å². The second kappa shape index (κ2) is 8.65. The van der Waals surface area contributed by atoms with Gasteiger partial charge in [0.25, 0.3) is 5.56 Å². The van der Waals surface area contributed by atoms with Gasteiger partial charge in [-0.3, -0.25) is 4.79 Å². The van der Waals surface area contributed by atoms with Gasteiger partial charge in [0, 0.05) is 6.54 Å². The van der Waals surface area contributed by atoms with Gasteiger partial charge in [-0.1, -0.05) is 53.0 Å². The van der Waals surface area contributed by atoms with Crippen LogP contribution in [0.3, 0.4) is 0 Å². The molecule has 5 nitrogen and oxygen atoms in total. The molecule has 3 aromatic rings. The van der Waals surface area contributed by atoms with Gasteiger partial charge >= 0.3 is 0 Å². The Bertz CT molecular complexity index is 1020. The van der Waals surface area contributed by atoms with E-state index in [0.29, 0.717) is 23.9 Å². The number of hydrogen-bond donors (Lipinski definition) is 1. The van der Waals surface area contributed by atoms with Crippen LogP contribution in [0.25, 0.3) is 5.69 Å². The Hall–Kier alpha value is -2.21. The number of aryl methyl sites for hydroxylation is 1. The van der Waals surface area contributed by atoms with E-state index in [4.69, 9.17) is 39.5 Å². The Morgan fingerprint density at radius 2 is 1.89 bits per heavy atom. The molecular formula is C19H16Cl3N3O2. The molecule has 0 atom stereocenters. The van der Waals surface area contributed by atoms with Gasteiger partial charge in [0.05, 0.1) is 27.6 Å². The van der Waals surface area contributed by atoms with E-state index in [1.807, 2.05) is 31.2 Å². The van der Waals surface area contributed by atoms with Gasteiger partial charge in [-0.15, -0.1) is 0 Å². The molecule has 0 saturated carbocycles. The second-order valence-electron chi connectivity index (χ2n) is 5.73. The summed E-state index contributed by atoms with van der Waals surface area (Å²) in [5.74, 6) is 0.853. The smallest absolute Gasteiger partial charge is 0.291 e. The van der Waals surface area contributed by atoms with Crippen molar-refractivity contribution in [1.29, 1.82) is 0 Å². The third-order valence-electron chi connectivity index (χ3n) is 3.84. The summed E-state index contributed by atoms with van der Waals surface area (Å²) in [7, 11) is 0. The lowest BCUT2D eigenvalue weighted by Crippen LogP contribution is -2.21. The standard InChI is InChI=1S/C19H16Cl3N3O2/c1-12-4-2-3-5-17(12)27-9-8-23-16-7-6-13(10-14(16)20)25-19(26)18(22)15(21)11-24-25/h2-7,10-11,23H,8-9H2,1H3. The molecule has 2 aromatic carbocycles. The van der Waals surface area contributed by atoms with Crippen LogP contribution in [0.4, 0.5) is 5.69 Å². The highest BCUT2D eigenvalue weighted by molar-refractivity contribution is 6.41. The monoisotopic (exact) mass is 423 g/mol. The molecule has 0 fully saturated rings. The van der Waals surface area contributed by atoms with Gasteiger partial charge in [0.1, 0.15) is 17.4 Å². The zero-order valence-corrected chi connectivity index (χ0v) is 16.6. The van der Waals surface area contributed by atoms with E-state index in [-0.39, 0.29) is 10.0 Å². The van der Waals surface area contributed by atoms with Crippen molar-refractivity contribution in [3.05, 3.63) is 79.6 Å². The summed E-state index contributed by atoms with van der Waals surface area (Å²) in [6.45, 7) is 3.05. The van der Waals surface area contributed by atoms with E-state index in [0.717, 1.165) is 21.7 Å². The van der Waals surface area contributed by atoms with Crippen LogP contribution in [0.1, 0.15) is 5.56 Å². The fraction of sp³-hybridized carbons (Fsp3) is 0.158. The first-order valence-corrected chi connectivity index (χ1v) is 9.26. The van der Waals surface area contributed by atoms with Crippen LogP contribution >= 0.6 is 34.8 Å². The summed E-state index contributed by atoms with van der Waals surface area (Å²) in [5, 5.41) is 7.66. The maximum Gasteiger partial charge on any atom is 0.291 e. The number of para-hydroxylation sites is 1. The van der Waals surface area contributed by atoms with Gasteiger partial charge in [-0.2, -0.15) is 9.78 Å². The Morgan fingerprint density at radius 1 is 1.11 bits per heavy atom. The summed E-state index contributed by atoms with van der Waals surface area (Å²) in [6.07, 6.45) is 1.31. The van der Waals surface area contributed by atoms with Gasteiger partial charge in [-0.25, -0.2) is 0 Å². The highest BCUT2D eigenvalue weighted by Crippen LogP contribution is 2.25. The lowest BCUT2D eigenvalue weighted by atomic mass is 10.2. The number of anilines is 1. The highest BCUT2D eigenvalue weighted by atomic mass is 35.5. The number of rotatable bonds is 6. The van der Waals surface area contributed by atoms with Crippen molar-refractivity contribution >= 4 is 40.5 Å². The number of ether oxygens (including phenoxy) is 1. The van der Waals surface area contributed by atoms with E-state index >= 15 is 0 Å². The fourth-order valence-electron chi connectivity index (χ4n) is 2.44. The molecule has 0 saturated heterocycles. The molecule has 1 heterocycles. The van der Waals surface area contributed by atoms with Crippen LogP contribution < -0.4 is 15.6 Å². The summed E-state index contributed by atoms with van der Waals surface area (Å²) in [4.78, 5) is 12.2. The molecule has 3 rings (SSSR count). The second-order valence-corrected chi connectivity index (χ2v) is 6.92. The predicted molar refractivity (Wildman–Crippen MR) is 110 cm³/mol. The molecule has 8 heteroatoms. The predicted octanol–water partition coefficient (Wildman–Crippen LogP) is 4.99. The minimum atomic E-state index is -0.507. The molecule has 0 aliphatic heterocycles. The first-order valence-electron chi connectivity index (χ1n) is 8.13. The molecule has 0 spiro atoms. The van der Waals surface area contributed by atoms with E-state index in [1.54, 1.807) is 18.2 Å². The maximum absolute atomic E-state index is 12.2. The van der Waals surface area contributed by atoms with E-state index in [9.17, 15) is 4.79 Å². The molecule has 0 aliphatic rings. The lowest BCUT2D eigenvalue weighted by Gasteiger charge is -2.12. The van der Waals surface area contributed by atoms with Crippen LogP contribution in [-0.2, 0) is 0 Å². The van der Waals surface area contributed by atoms with Crippen molar-refractivity contribution in [2.45, 2.75) is 6.92 Å². The zero-order valence-electron chi connectivity index (χ0n) is 14.4. The molecule has 0 bridgehead atoms. The molecule has 0 unspecified atom stereocenters.